The minimum Gasteiger partial charge on any atom is -0.367 e. The first-order chi connectivity index (χ1) is 5.57. The topological polar surface area (TPSA) is 73.0 Å². The predicted molar refractivity (Wildman–Crippen MR) is 44.1 cm³/mol. The zero-order chi connectivity index (χ0) is 9.30. The van der Waals surface area contributed by atoms with Crippen LogP contribution in [0.5, 0.6) is 0 Å². The van der Waals surface area contributed by atoms with Gasteiger partial charge in [-0.3, -0.25) is 4.57 Å². The average molecular weight is 170 g/mol. The number of nitrogens with one attached hydrogen (secondary N) is 1. The van der Waals surface area contributed by atoms with Crippen molar-refractivity contribution >= 4 is 11.6 Å². The summed E-state index contributed by atoms with van der Waals surface area (Å²) in [4.78, 5) is 13.7. The molecule has 0 amide bonds. The standard InChI is InChI=1S/C6H10N4O2/c1-4-8-6(10(11)12)5(7-2)9(4)3/h7H,1-3H3. The third-order valence-corrected chi connectivity index (χ3v) is 1.71. The van der Waals surface area contributed by atoms with E-state index in [-0.39, 0.29) is 5.82 Å². The van der Waals surface area contributed by atoms with Crippen LogP contribution in [0.2, 0.25) is 0 Å². The Morgan fingerprint density at radius 1 is 1.67 bits per heavy atom. The van der Waals surface area contributed by atoms with E-state index >= 15 is 0 Å². The second-order valence-electron chi connectivity index (χ2n) is 2.40. The Labute approximate surface area is 69.4 Å². The lowest BCUT2D eigenvalue weighted by Gasteiger charge is -1.98. The number of imidazole rings is 1. The van der Waals surface area contributed by atoms with Crippen LogP contribution in [0.25, 0.3) is 0 Å². The number of anilines is 1. The first kappa shape index (κ1) is 8.51. The van der Waals surface area contributed by atoms with Crippen molar-refractivity contribution in [1.29, 1.82) is 0 Å². The van der Waals surface area contributed by atoms with Crippen molar-refractivity contribution in [1.82, 2.24) is 9.55 Å². The summed E-state index contributed by atoms with van der Waals surface area (Å²) in [6, 6.07) is 0. The second-order valence-corrected chi connectivity index (χ2v) is 2.40. The fourth-order valence-corrected chi connectivity index (χ4v) is 1.000. The number of aromatic nitrogens is 2. The van der Waals surface area contributed by atoms with Gasteiger partial charge in [0.1, 0.15) is 0 Å². The van der Waals surface area contributed by atoms with Crippen molar-refractivity contribution < 1.29 is 4.92 Å². The quantitative estimate of drug-likeness (QED) is 0.523. The largest absolute Gasteiger partial charge is 0.406 e. The molecule has 1 aromatic heterocycles. The van der Waals surface area contributed by atoms with Crippen molar-refractivity contribution in [2.75, 3.05) is 12.4 Å². The minimum absolute atomic E-state index is 0.127. The van der Waals surface area contributed by atoms with Crippen LogP contribution >= 0.6 is 0 Å². The third kappa shape index (κ3) is 1.11. The normalized spacial score (nSPS) is 9.92. The third-order valence-electron chi connectivity index (χ3n) is 1.71. The molecule has 66 valence electrons. The second kappa shape index (κ2) is 2.80. The maximum absolute atomic E-state index is 10.4. The lowest BCUT2D eigenvalue weighted by molar-refractivity contribution is -0.388. The molecule has 0 fully saturated rings. The molecule has 1 heterocycles. The molecular formula is C6H10N4O2. The monoisotopic (exact) mass is 170 g/mol. The molecule has 0 spiro atoms. The number of nitrogens with zero attached hydrogens (tertiary/aromatic N) is 3. The zero-order valence-electron chi connectivity index (χ0n) is 7.16. The molecule has 1 aromatic rings. The first-order valence-corrected chi connectivity index (χ1v) is 3.43. The molecule has 0 aromatic carbocycles. The van der Waals surface area contributed by atoms with Crippen LogP contribution in [0.1, 0.15) is 5.82 Å². The van der Waals surface area contributed by atoms with Crippen LogP contribution < -0.4 is 5.32 Å². The molecule has 0 aliphatic heterocycles. The average Bonchev–Trinajstić information content (AvgIpc) is 2.29. The number of hydrogen-bond donors (Lipinski definition) is 1. The van der Waals surface area contributed by atoms with Crippen molar-refractivity contribution in [3.8, 4) is 0 Å². The molecule has 0 aliphatic rings. The summed E-state index contributed by atoms with van der Waals surface area (Å²) in [7, 11) is 3.35. The van der Waals surface area contributed by atoms with E-state index in [9.17, 15) is 10.1 Å². The molecule has 12 heavy (non-hydrogen) atoms. The zero-order valence-corrected chi connectivity index (χ0v) is 7.16. The highest BCUT2D eigenvalue weighted by atomic mass is 16.6. The highest BCUT2D eigenvalue weighted by molar-refractivity contribution is 5.52. The van der Waals surface area contributed by atoms with Crippen LogP contribution in [-0.2, 0) is 7.05 Å². The number of rotatable bonds is 2. The summed E-state index contributed by atoms with van der Waals surface area (Å²) in [5.41, 5.74) is 0. The van der Waals surface area contributed by atoms with Gasteiger partial charge in [0.25, 0.3) is 0 Å². The van der Waals surface area contributed by atoms with Crippen LogP contribution in [0.4, 0.5) is 11.6 Å². The predicted octanol–water partition coefficient (Wildman–Crippen LogP) is 0.678. The molecule has 0 unspecified atom stereocenters. The molecular weight excluding hydrogens is 160 g/mol. The van der Waals surface area contributed by atoms with Gasteiger partial charge in [0, 0.05) is 21.0 Å². The van der Waals surface area contributed by atoms with Gasteiger partial charge >= 0.3 is 5.82 Å². The number of aryl methyl sites for hydroxylation is 1. The van der Waals surface area contributed by atoms with Gasteiger partial charge in [-0.15, -0.1) is 0 Å². The van der Waals surface area contributed by atoms with Gasteiger partial charge in [-0.05, 0) is 9.91 Å². The van der Waals surface area contributed by atoms with E-state index in [4.69, 9.17) is 0 Å². The summed E-state index contributed by atoms with van der Waals surface area (Å²) in [5, 5.41) is 13.2. The fraction of sp³-hybridized carbons (Fsp3) is 0.500. The van der Waals surface area contributed by atoms with E-state index < -0.39 is 4.92 Å². The van der Waals surface area contributed by atoms with Crippen LogP contribution in [-0.4, -0.2) is 21.5 Å². The molecule has 0 saturated heterocycles. The van der Waals surface area contributed by atoms with Crippen molar-refractivity contribution in [3.05, 3.63) is 15.9 Å². The summed E-state index contributed by atoms with van der Waals surface area (Å²) in [6.07, 6.45) is 0. The summed E-state index contributed by atoms with van der Waals surface area (Å²) in [5.74, 6) is 0.918. The molecule has 0 radical (unpaired) electrons. The van der Waals surface area contributed by atoms with Crippen LogP contribution in [0, 0.1) is 17.0 Å². The van der Waals surface area contributed by atoms with Gasteiger partial charge in [-0.1, -0.05) is 0 Å². The molecule has 0 atom stereocenters. The van der Waals surface area contributed by atoms with E-state index in [2.05, 4.69) is 10.3 Å². The van der Waals surface area contributed by atoms with Crippen LogP contribution in [0.15, 0.2) is 0 Å². The first-order valence-electron chi connectivity index (χ1n) is 3.43. The Hall–Kier alpha value is -1.59. The maximum atomic E-state index is 10.4. The van der Waals surface area contributed by atoms with Gasteiger partial charge in [0.05, 0.1) is 0 Å². The highest BCUT2D eigenvalue weighted by Crippen LogP contribution is 2.22. The molecule has 0 bridgehead atoms. The van der Waals surface area contributed by atoms with E-state index in [1.807, 2.05) is 0 Å². The highest BCUT2D eigenvalue weighted by Gasteiger charge is 2.21. The molecule has 0 saturated carbocycles. The molecule has 6 heteroatoms. The lowest BCUT2D eigenvalue weighted by Crippen LogP contribution is -2.00. The fourth-order valence-electron chi connectivity index (χ4n) is 1.000. The van der Waals surface area contributed by atoms with Crippen LogP contribution in [0.3, 0.4) is 0 Å². The molecule has 0 aliphatic carbocycles. The SMILES string of the molecule is CNc1c([N+](=O)[O-])nc(C)n1C. The number of hydrogen-bond acceptors (Lipinski definition) is 4. The molecule has 1 N–H and O–H groups in total. The molecule has 6 nitrogen and oxygen atoms in total. The van der Waals surface area contributed by atoms with Gasteiger partial charge in [0.15, 0.2) is 0 Å². The molecule has 1 rings (SSSR count). The van der Waals surface area contributed by atoms with E-state index in [0.717, 1.165) is 0 Å². The Balaban J connectivity index is 3.29. The maximum Gasteiger partial charge on any atom is 0.406 e. The van der Waals surface area contributed by atoms with E-state index in [1.54, 1.807) is 25.6 Å². The van der Waals surface area contributed by atoms with Crippen molar-refractivity contribution in [2.24, 2.45) is 7.05 Å². The van der Waals surface area contributed by atoms with Gasteiger partial charge < -0.3 is 15.4 Å². The van der Waals surface area contributed by atoms with Crippen molar-refractivity contribution in [2.45, 2.75) is 6.92 Å². The minimum atomic E-state index is -0.501. The lowest BCUT2D eigenvalue weighted by atomic mass is 10.6. The number of nitro groups is 1. The van der Waals surface area contributed by atoms with Gasteiger partial charge in [-0.25, -0.2) is 0 Å². The summed E-state index contributed by atoms with van der Waals surface area (Å²) < 4.78 is 1.64. The summed E-state index contributed by atoms with van der Waals surface area (Å²) >= 11 is 0. The Kier molecular flexibility index (Phi) is 1.99. The Morgan fingerprint density at radius 2 is 2.25 bits per heavy atom. The van der Waals surface area contributed by atoms with E-state index in [1.165, 1.54) is 0 Å². The van der Waals surface area contributed by atoms with E-state index in [0.29, 0.717) is 11.6 Å². The smallest absolute Gasteiger partial charge is 0.367 e. The van der Waals surface area contributed by atoms with Gasteiger partial charge in [0.2, 0.25) is 11.6 Å². The van der Waals surface area contributed by atoms with Gasteiger partial charge in [-0.2, -0.15) is 0 Å². The Bertz CT molecular complexity index is 318. The summed E-state index contributed by atoms with van der Waals surface area (Å²) in [6.45, 7) is 1.72. The Morgan fingerprint density at radius 3 is 2.58 bits per heavy atom. The van der Waals surface area contributed by atoms with Crippen molar-refractivity contribution in [3.63, 3.8) is 0 Å².